The van der Waals surface area contributed by atoms with Gasteiger partial charge < -0.3 is 24.1 Å². The van der Waals surface area contributed by atoms with Crippen molar-refractivity contribution in [3.05, 3.63) is 33.9 Å². The summed E-state index contributed by atoms with van der Waals surface area (Å²) in [5.74, 6) is -1.50. The summed E-state index contributed by atoms with van der Waals surface area (Å²) in [4.78, 5) is 33.5. The third-order valence-corrected chi connectivity index (χ3v) is 4.91. The van der Waals surface area contributed by atoms with E-state index in [0.29, 0.717) is 5.56 Å². The SMILES string of the molecule is CC(=O)OCC1O[C@@H](Oc2ccc(CO)cc2[N+](=O)[O-])[C@H](OC(C)=O)C(C)[C@H]1C. The van der Waals surface area contributed by atoms with Crippen LogP contribution in [0, 0.1) is 22.0 Å². The Morgan fingerprint density at radius 3 is 2.45 bits per heavy atom. The van der Waals surface area contributed by atoms with Gasteiger partial charge in [0.25, 0.3) is 0 Å². The number of aliphatic hydroxyl groups is 1. The number of carbonyl (C=O) groups is 2. The highest BCUT2D eigenvalue weighted by Crippen LogP contribution is 2.36. The predicted octanol–water partition coefficient (Wildman–Crippen LogP) is 1.96. The van der Waals surface area contributed by atoms with Crippen molar-refractivity contribution in [2.24, 2.45) is 11.8 Å². The van der Waals surface area contributed by atoms with E-state index in [1.54, 1.807) is 0 Å². The summed E-state index contributed by atoms with van der Waals surface area (Å²) >= 11 is 0. The minimum absolute atomic E-state index is 0.0287. The van der Waals surface area contributed by atoms with Gasteiger partial charge in [-0.1, -0.05) is 19.9 Å². The zero-order valence-electron chi connectivity index (χ0n) is 16.7. The molecule has 10 nitrogen and oxygen atoms in total. The number of nitro groups is 1. The van der Waals surface area contributed by atoms with Gasteiger partial charge in [0.2, 0.25) is 6.29 Å². The van der Waals surface area contributed by atoms with Crippen molar-refractivity contribution in [2.45, 2.75) is 52.8 Å². The molecular weight excluding hydrogens is 386 g/mol. The zero-order chi connectivity index (χ0) is 21.7. The van der Waals surface area contributed by atoms with Gasteiger partial charge in [-0.25, -0.2) is 0 Å². The van der Waals surface area contributed by atoms with Gasteiger partial charge >= 0.3 is 17.6 Å². The highest BCUT2D eigenvalue weighted by atomic mass is 16.7. The normalized spacial score (nSPS) is 26.4. The molecule has 1 aromatic rings. The van der Waals surface area contributed by atoms with Crippen LogP contribution >= 0.6 is 0 Å². The lowest BCUT2D eigenvalue weighted by Gasteiger charge is -2.43. The third kappa shape index (κ3) is 5.64. The Balaban J connectivity index is 2.33. The van der Waals surface area contributed by atoms with Crippen molar-refractivity contribution in [3.8, 4) is 5.75 Å². The van der Waals surface area contributed by atoms with Gasteiger partial charge in [0.15, 0.2) is 11.9 Å². The molecule has 160 valence electrons. The summed E-state index contributed by atoms with van der Waals surface area (Å²) in [7, 11) is 0. The number of rotatable bonds is 7. The van der Waals surface area contributed by atoms with Crippen molar-refractivity contribution in [2.75, 3.05) is 6.61 Å². The van der Waals surface area contributed by atoms with Crippen molar-refractivity contribution >= 4 is 17.6 Å². The maximum Gasteiger partial charge on any atom is 0.311 e. The maximum atomic E-state index is 11.6. The van der Waals surface area contributed by atoms with Crippen LogP contribution in [0.25, 0.3) is 0 Å². The number of hydrogen-bond donors (Lipinski definition) is 1. The van der Waals surface area contributed by atoms with Crippen LogP contribution in [0.3, 0.4) is 0 Å². The van der Waals surface area contributed by atoms with Gasteiger partial charge in [0.05, 0.1) is 17.6 Å². The molecule has 0 amide bonds. The molecule has 1 heterocycles. The number of carbonyl (C=O) groups excluding carboxylic acids is 2. The summed E-state index contributed by atoms with van der Waals surface area (Å²) in [5, 5.41) is 20.6. The summed E-state index contributed by atoms with van der Waals surface area (Å²) in [6.07, 6.45) is -2.53. The molecule has 0 aliphatic carbocycles. The number of benzene rings is 1. The molecule has 0 saturated carbocycles. The monoisotopic (exact) mass is 411 g/mol. The van der Waals surface area contributed by atoms with Crippen LogP contribution in [0.1, 0.15) is 33.3 Å². The average molecular weight is 411 g/mol. The molecular formula is C19H25NO9. The second-order valence-corrected chi connectivity index (χ2v) is 6.97. The first-order valence-corrected chi connectivity index (χ1v) is 9.14. The molecule has 0 aromatic heterocycles. The molecule has 1 aromatic carbocycles. The minimum atomic E-state index is -1.15. The molecule has 0 radical (unpaired) electrons. The predicted molar refractivity (Wildman–Crippen MR) is 98.8 cm³/mol. The quantitative estimate of drug-likeness (QED) is 0.406. The lowest BCUT2D eigenvalue weighted by molar-refractivity contribution is -0.387. The molecule has 0 spiro atoms. The molecule has 1 aliphatic rings. The lowest BCUT2D eigenvalue weighted by atomic mass is 9.83. The molecule has 29 heavy (non-hydrogen) atoms. The summed E-state index contributed by atoms with van der Waals surface area (Å²) < 4.78 is 22.0. The smallest absolute Gasteiger partial charge is 0.311 e. The number of nitrogens with zero attached hydrogens (tertiary/aromatic N) is 1. The molecule has 1 fully saturated rings. The van der Waals surface area contributed by atoms with E-state index in [1.165, 1.54) is 32.0 Å². The summed E-state index contributed by atoms with van der Waals surface area (Å²) in [6.45, 7) is 5.83. The highest BCUT2D eigenvalue weighted by molar-refractivity contribution is 5.66. The minimum Gasteiger partial charge on any atom is -0.463 e. The number of nitro benzene ring substituents is 1. The molecule has 5 atom stereocenters. The van der Waals surface area contributed by atoms with E-state index in [0.717, 1.165) is 0 Å². The Bertz CT molecular complexity index is 764. The Kier molecular flexibility index (Phi) is 7.52. The van der Waals surface area contributed by atoms with Gasteiger partial charge in [-0.15, -0.1) is 0 Å². The van der Waals surface area contributed by atoms with Crippen LogP contribution in [0.15, 0.2) is 18.2 Å². The van der Waals surface area contributed by atoms with Crippen LogP contribution in [0.2, 0.25) is 0 Å². The van der Waals surface area contributed by atoms with Crippen LogP contribution in [-0.2, 0) is 30.4 Å². The number of esters is 2. The first kappa shape index (κ1) is 22.6. The lowest BCUT2D eigenvalue weighted by Crippen LogP contribution is -2.54. The van der Waals surface area contributed by atoms with Gasteiger partial charge in [0.1, 0.15) is 6.61 Å². The Hall–Kier alpha value is -2.72. The van der Waals surface area contributed by atoms with Crippen molar-refractivity contribution in [3.63, 3.8) is 0 Å². The van der Waals surface area contributed by atoms with Crippen LogP contribution < -0.4 is 4.74 Å². The molecule has 1 saturated heterocycles. The summed E-state index contributed by atoms with van der Waals surface area (Å²) in [6, 6.07) is 4.03. The first-order chi connectivity index (χ1) is 13.6. The molecule has 0 bridgehead atoms. The molecule has 1 aliphatic heterocycles. The topological polar surface area (TPSA) is 134 Å². The fourth-order valence-electron chi connectivity index (χ4n) is 3.13. The second kappa shape index (κ2) is 9.66. The zero-order valence-corrected chi connectivity index (χ0v) is 16.7. The molecule has 1 N–H and O–H groups in total. The number of ether oxygens (including phenoxy) is 4. The van der Waals surface area contributed by atoms with Crippen LogP contribution in [0.4, 0.5) is 5.69 Å². The van der Waals surface area contributed by atoms with Gasteiger partial charge in [0, 0.05) is 25.8 Å². The Labute approximate surface area is 167 Å². The average Bonchev–Trinajstić information content (AvgIpc) is 2.66. The van der Waals surface area contributed by atoms with Crippen molar-refractivity contribution in [1.82, 2.24) is 0 Å². The fraction of sp³-hybridized carbons (Fsp3) is 0.579. The number of hydrogen-bond acceptors (Lipinski definition) is 9. The van der Waals surface area contributed by atoms with Gasteiger partial charge in [-0.3, -0.25) is 19.7 Å². The van der Waals surface area contributed by atoms with E-state index < -0.39 is 35.4 Å². The highest BCUT2D eigenvalue weighted by Gasteiger charge is 2.45. The van der Waals surface area contributed by atoms with E-state index in [4.69, 9.17) is 18.9 Å². The summed E-state index contributed by atoms with van der Waals surface area (Å²) in [5.41, 5.74) is -0.00981. The molecule has 2 unspecified atom stereocenters. The second-order valence-electron chi connectivity index (χ2n) is 6.97. The van der Waals surface area contributed by atoms with E-state index in [-0.39, 0.29) is 36.5 Å². The van der Waals surface area contributed by atoms with Crippen molar-refractivity contribution < 1.29 is 38.6 Å². The maximum absolute atomic E-state index is 11.6. The van der Waals surface area contributed by atoms with E-state index in [1.807, 2.05) is 13.8 Å². The van der Waals surface area contributed by atoms with E-state index in [9.17, 15) is 24.8 Å². The third-order valence-electron chi connectivity index (χ3n) is 4.91. The largest absolute Gasteiger partial charge is 0.463 e. The molecule has 10 heteroatoms. The Morgan fingerprint density at radius 2 is 1.90 bits per heavy atom. The number of aliphatic hydroxyl groups excluding tert-OH is 1. The first-order valence-electron chi connectivity index (χ1n) is 9.14. The standard InChI is InChI=1S/C19H25NO9/c1-10-11(2)18(27-13(4)23)19(29-17(10)9-26-12(3)22)28-16-6-5-14(8-21)7-15(16)20(24)25/h5-7,10-11,17-19,21H,8-9H2,1-4H3/t10-,11?,17?,18-,19-/m1/s1. The van der Waals surface area contributed by atoms with Gasteiger partial charge in [-0.2, -0.15) is 0 Å². The molecule has 2 rings (SSSR count). The van der Waals surface area contributed by atoms with Crippen molar-refractivity contribution in [1.29, 1.82) is 0 Å². The fourth-order valence-corrected chi connectivity index (χ4v) is 3.13. The van der Waals surface area contributed by atoms with Gasteiger partial charge in [-0.05, 0) is 17.5 Å². The van der Waals surface area contributed by atoms with E-state index >= 15 is 0 Å². The van der Waals surface area contributed by atoms with E-state index in [2.05, 4.69) is 0 Å². The van der Waals surface area contributed by atoms with Crippen LogP contribution in [-0.4, -0.2) is 47.1 Å². The Morgan fingerprint density at radius 1 is 1.21 bits per heavy atom. The van der Waals surface area contributed by atoms with Crippen LogP contribution in [0.5, 0.6) is 5.75 Å².